The largest absolute Gasteiger partial charge is 0.493 e. The first-order chi connectivity index (χ1) is 12.2. The Hall–Kier alpha value is -2.60. The molecule has 0 saturated heterocycles. The maximum Gasteiger partial charge on any atom is 0.234 e. The van der Waals surface area contributed by atoms with Crippen molar-refractivity contribution < 1.29 is 19.0 Å². The molecule has 0 saturated carbocycles. The lowest BCUT2D eigenvalue weighted by molar-refractivity contribution is -0.113. The third kappa shape index (κ3) is 5.76. The summed E-state index contributed by atoms with van der Waals surface area (Å²) < 4.78 is 15.9. The Morgan fingerprint density at radius 1 is 1.16 bits per heavy atom. The molecule has 6 heteroatoms. The van der Waals surface area contributed by atoms with Gasteiger partial charge in [-0.15, -0.1) is 11.8 Å². The Labute approximate surface area is 152 Å². The average molecular weight is 359 g/mol. The molecule has 5 nitrogen and oxygen atoms in total. The number of carbonyl (C=O) groups is 1. The maximum atomic E-state index is 12.1. The van der Waals surface area contributed by atoms with Crippen LogP contribution in [0.3, 0.4) is 0 Å². The average Bonchev–Trinajstić information content (AvgIpc) is 2.64. The van der Waals surface area contributed by atoms with Gasteiger partial charge in [-0.3, -0.25) is 4.79 Å². The molecular formula is C19H21NO4S. The van der Waals surface area contributed by atoms with E-state index >= 15 is 0 Å². The van der Waals surface area contributed by atoms with Crippen molar-refractivity contribution in [1.82, 2.24) is 0 Å². The van der Waals surface area contributed by atoms with E-state index < -0.39 is 0 Å². The third-order valence-electron chi connectivity index (χ3n) is 3.21. The molecule has 0 radical (unpaired) electrons. The molecule has 0 bridgehead atoms. The first-order valence-electron chi connectivity index (χ1n) is 7.64. The van der Waals surface area contributed by atoms with E-state index in [4.69, 9.17) is 14.2 Å². The molecule has 1 N–H and O–H groups in total. The summed E-state index contributed by atoms with van der Waals surface area (Å²) in [5, 5.41) is 2.86. The predicted octanol–water partition coefficient (Wildman–Crippen LogP) is 4.00. The van der Waals surface area contributed by atoms with Crippen LogP contribution in [0.2, 0.25) is 0 Å². The Morgan fingerprint density at radius 3 is 2.68 bits per heavy atom. The van der Waals surface area contributed by atoms with E-state index in [9.17, 15) is 4.79 Å². The van der Waals surface area contributed by atoms with Gasteiger partial charge in [0.2, 0.25) is 5.91 Å². The summed E-state index contributed by atoms with van der Waals surface area (Å²) in [6, 6.07) is 12.8. The maximum absolute atomic E-state index is 12.1. The molecule has 2 aromatic rings. The molecule has 0 aromatic heterocycles. The van der Waals surface area contributed by atoms with Gasteiger partial charge in [0.15, 0.2) is 11.5 Å². The van der Waals surface area contributed by atoms with E-state index in [0.717, 1.165) is 4.90 Å². The first-order valence-corrected chi connectivity index (χ1v) is 8.63. The van der Waals surface area contributed by atoms with Gasteiger partial charge < -0.3 is 19.5 Å². The number of rotatable bonds is 9. The van der Waals surface area contributed by atoms with Crippen LogP contribution < -0.4 is 19.5 Å². The summed E-state index contributed by atoms with van der Waals surface area (Å²) >= 11 is 1.42. The molecule has 0 spiro atoms. The van der Waals surface area contributed by atoms with E-state index in [1.54, 1.807) is 26.4 Å². The zero-order valence-electron chi connectivity index (χ0n) is 14.3. The molecule has 2 aromatic carbocycles. The van der Waals surface area contributed by atoms with Crippen molar-refractivity contribution in [2.45, 2.75) is 4.90 Å². The number of anilines is 1. The predicted molar refractivity (Wildman–Crippen MR) is 101 cm³/mol. The van der Waals surface area contributed by atoms with Crippen molar-refractivity contribution in [1.29, 1.82) is 0 Å². The van der Waals surface area contributed by atoms with E-state index in [0.29, 0.717) is 29.5 Å². The molecular weight excluding hydrogens is 338 g/mol. The Kier molecular flexibility index (Phi) is 7.22. The molecule has 1 amide bonds. The fourth-order valence-corrected chi connectivity index (χ4v) is 2.80. The lowest BCUT2D eigenvalue weighted by atomic mass is 10.3. The summed E-state index contributed by atoms with van der Waals surface area (Å²) in [4.78, 5) is 13.1. The van der Waals surface area contributed by atoms with Gasteiger partial charge in [0.05, 0.1) is 20.0 Å². The SMILES string of the molecule is C=CCOc1cccc(NC(=O)CSc2ccc(OC)c(OC)c2)c1. The molecule has 2 rings (SSSR count). The number of nitrogens with one attached hydrogen (secondary N) is 1. The molecule has 0 aliphatic rings. The van der Waals surface area contributed by atoms with Gasteiger partial charge >= 0.3 is 0 Å². The van der Waals surface area contributed by atoms with Crippen LogP contribution in [0.5, 0.6) is 17.2 Å². The van der Waals surface area contributed by atoms with Crippen LogP contribution in [0.4, 0.5) is 5.69 Å². The van der Waals surface area contributed by atoms with Crippen molar-refractivity contribution >= 4 is 23.4 Å². The van der Waals surface area contributed by atoms with Crippen LogP contribution in [0, 0.1) is 0 Å². The van der Waals surface area contributed by atoms with Crippen molar-refractivity contribution in [3.05, 3.63) is 55.1 Å². The van der Waals surface area contributed by atoms with Crippen LogP contribution in [0.1, 0.15) is 0 Å². The summed E-state index contributed by atoms with van der Waals surface area (Å²) in [6.45, 7) is 4.03. The molecule has 0 aliphatic carbocycles. The number of thioether (sulfide) groups is 1. The highest BCUT2D eigenvalue weighted by molar-refractivity contribution is 8.00. The number of methoxy groups -OCH3 is 2. The van der Waals surface area contributed by atoms with Gasteiger partial charge in [-0.05, 0) is 30.3 Å². The number of hydrogen-bond acceptors (Lipinski definition) is 5. The molecule has 132 valence electrons. The third-order valence-corrected chi connectivity index (χ3v) is 4.20. The molecule has 25 heavy (non-hydrogen) atoms. The minimum absolute atomic E-state index is 0.0966. The van der Waals surface area contributed by atoms with Gasteiger partial charge in [-0.2, -0.15) is 0 Å². The van der Waals surface area contributed by atoms with Gasteiger partial charge in [0.1, 0.15) is 12.4 Å². The summed E-state index contributed by atoms with van der Waals surface area (Å²) in [5.41, 5.74) is 0.694. The molecule has 0 heterocycles. The quantitative estimate of drug-likeness (QED) is 0.542. The smallest absolute Gasteiger partial charge is 0.234 e. The van der Waals surface area contributed by atoms with Crippen LogP contribution in [0.15, 0.2) is 60.0 Å². The highest BCUT2D eigenvalue weighted by Crippen LogP contribution is 2.31. The normalized spacial score (nSPS) is 10.0. The zero-order valence-corrected chi connectivity index (χ0v) is 15.1. The number of ether oxygens (including phenoxy) is 3. The van der Waals surface area contributed by atoms with Gasteiger partial charge in [-0.25, -0.2) is 0 Å². The topological polar surface area (TPSA) is 56.8 Å². The second kappa shape index (κ2) is 9.64. The van der Waals surface area contributed by atoms with Crippen molar-refractivity contribution in [2.75, 3.05) is 31.9 Å². The molecule has 0 unspecified atom stereocenters. The van der Waals surface area contributed by atoms with E-state index in [2.05, 4.69) is 11.9 Å². The lowest BCUT2D eigenvalue weighted by Crippen LogP contribution is -2.14. The lowest BCUT2D eigenvalue weighted by Gasteiger charge is -2.10. The number of hydrogen-bond donors (Lipinski definition) is 1. The Bertz CT molecular complexity index is 733. The summed E-state index contributed by atoms with van der Waals surface area (Å²) in [5.74, 6) is 2.17. The van der Waals surface area contributed by atoms with E-state index in [-0.39, 0.29) is 11.7 Å². The molecule has 0 aliphatic heterocycles. The monoisotopic (exact) mass is 359 g/mol. The fraction of sp³-hybridized carbons (Fsp3) is 0.211. The van der Waals surface area contributed by atoms with Crippen LogP contribution in [0.25, 0.3) is 0 Å². The number of benzene rings is 2. The fourth-order valence-electron chi connectivity index (χ4n) is 2.07. The second-order valence-electron chi connectivity index (χ2n) is 4.98. The highest BCUT2D eigenvalue weighted by atomic mass is 32.2. The summed E-state index contributed by atoms with van der Waals surface area (Å²) in [6.07, 6.45) is 1.67. The summed E-state index contributed by atoms with van der Waals surface area (Å²) in [7, 11) is 3.17. The Balaban J connectivity index is 1.91. The van der Waals surface area contributed by atoms with Crippen molar-refractivity contribution in [3.8, 4) is 17.2 Å². The minimum atomic E-state index is -0.0966. The van der Waals surface area contributed by atoms with E-state index in [1.165, 1.54) is 11.8 Å². The van der Waals surface area contributed by atoms with Gasteiger partial charge in [-0.1, -0.05) is 18.7 Å². The van der Waals surface area contributed by atoms with Gasteiger partial charge in [0, 0.05) is 16.6 Å². The van der Waals surface area contributed by atoms with Crippen molar-refractivity contribution in [3.63, 3.8) is 0 Å². The minimum Gasteiger partial charge on any atom is -0.493 e. The molecule has 0 atom stereocenters. The van der Waals surface area contributed by atoms with Crippen LogP contribution in [-0.4, -0.2) is 32.5 Å². The number of carbonyl (C=O) groups excluding carboxylic acids is 1. The Morgan fingerprint density at radius 2 is 1.96 bits per heavy atom. The van der Waals surface area contributed by atoms with Crippen molar-refractivity contribution in [2.24, 2.45) is 0 Å². The zero-order chi connectivity index (χ0) is 18.1. The van der Waals surface area contributed by atoms with Crippen LogP contribution >= 0.6 is 11.8 Å². The highest BCUT2D eigenvalue weighted by Gasteiger charge is 2.08. The molecule has 0 fully saturated rings. The van der Waals surface area contributed by atoms with E-state index in [1.807, 2.05) is 36.4 Å². The first kappa shape index (κ1) is 18.7. The van der Waals surface area contributed by atoms with Gasteiger partial charge in [0.25, 0.3) is 0 Å². The standard InChI is InChI=1S/C19H21NO4S/c1-4-10-24-15-7-5-6-14(11-15)20-19(21)13-25-16-8-9-17(22-2)18(12-16)23-3/h4-9,11-12H,1,10,13H2,2-3H3,(H,20,21). The van der Waals surface area contributed by atoms with Crippen LogP contribution in [-0.2, 0) is 4.79 Å². The second-order valence-corrected chi connectivity index (χ2v) is 6.03. The number of amides is 1.